The highest BCUT2D eigenvalue weighted by Crippen LogP contribution is 2.19. The number of anilines is 1. The second-order valence-electron chi connectivity index (χ2n) is 4.89. The Labute approximate surface area is 108 Å². The van der Waals surface area contributed by atoms with Gasteiger partial charge in [0.05, 0.1) is 17.1 Å². The first-order valence-corrected chi connectivity index (χ1v) is 7.68. The molecule has 5 nitrogen and oxygen atoms in total. The SMILES string of the molecule is Cc1cncc(NS(=O)(=O)C(C)CNC2CC2)c1. The summed E-state index contributed by atoms with van der Waals surface area (Å²) in [6, 6.07) is 2.29. The molecule has 1 unspecified atom stereocenters. The smallest absolute Gasteiger partial charge is 0.236 e. The Bertz CT molecular complexity index is 512. The first-order valence-electron chi connectivity index (χ1n) is 6.14. The predicted octanol–water partition coefficient (Wildman–Crippen LogP) is 1.27. The fraction of sp³-hybridized carbons (Fsp3) is 0.583. The molecule has 1 aliphatic carbocycles. The average molecular weight is 269 g/mol. The zero-order valence-electron chi connectivity index (χ0n) is 10.7. The van der Waals surface area contributed by atoms with Crippen LogP contribution in [0.5, 0.6) is 0 Å². The van der Waals surface area contributed by atoms with Crippen LogP contribution in [0.15, 0.2) is 18.5 Å². The minimum Gasteiger partial charge on any atom is -0.313 e. The van der Waals surface area contributed by atoms with Crippen LogP contribution >= 0.6 is 0 Å². The maximum Gasteiger partial charge on any atom is 0.236 e. The molecule has 1 saturated carbocycles. The van der Waals surface area contributed by atoms with Crippen LogP contribution in [0.1, 0.15) is 25.3 Å². The maximum absolute atomic E-state index is 12.1. The fourth-order valence-corrected chi connectivity index (χ4v) is 2.56. The third-order valence-corrected chi connectivity index (χ3v) is 4.68. The zero-order valence-corrected chi connectivity index (χ0v) is 11.5. The van der Waals surface area contributed by atoms with Crippen LogP contribution < -0.4 is 10.0 Å². The van der Waals surface area contributed by atoms with Crippen LogP contribution in [0.25, 0.3) is 0 Å². The minimum atomic E-state index is -3.35. The first kappa shape index (κ1) is 13.3. The number of nitrogens with one attached hydrogen (secondary N) is 2. The molecule has 1 aromatic heterocycles. The zero-order chi connectivity index (χ0) is 13.2. The summed E-state index contributed by atoms with van der Waals surface area (Å²) in [6.07, 6.45) is 5.52. The van der Waals surface area contributed by atoms with Crippen LogP contribution in [0, 0.1) is 6.92 Å². The molecule has 0 aromatic carbocycles. The van der Waals surface area contributed by atoms with Gasteiger partial charge >= 0.3 is 0 Å². The summed E-state index contributed by atoms with van der Waals surface area (Å²) in [5, 5.41) is 2.77. The molecule has 1 heterocycles. The quantitative estimate of drug-likeness (QED) is 0.816. The summed E-state index contributed by atoms with van der Waals surface area (Å²) in [6.45, 7) is 4.07. The molecule has 0 radical (unpaired) electrons. The molecule has 0 aliphatic heterocycles. The molecular weight excluding hydrogens is 250 g/mol. The van der Waals surface area contributed by atoms with Crippen molar-refractivity contribution in [3.63, 3.8) is 0 Å². The molecule has 0 saturated heterocycles. The Kier molecular flexibility index (Phi) is 3.87. The normalized spacial score (nSPS) is 17.4. The summed E-state index contributed by atoms with van der Waals surface area (Å²) < 4.78 is 26.7. The average Bonchev–Trinajstić information content (AvgIpc) is 3.08. The van der Waals surface area contributed by atoms with E-state index in [9.17, 15) is 8.42 Å². The van der Waals surface area contributed by atoms with Crippen LogP contribution in [0.2, 0.25) is 0 Å². The Balaban J connectivity index is 1.96. The summed E-state index contributed by atoms with van der Waals surface area (Å²) in [5.41, 5.74) is 1.45. The molecule has 2 rings (SSSR count). The molecule has 0 bridgehead atoms. The van der Waals surface area contributed by atoms with E-state index < -0.39 is 15.3 Å². The lowest BCUT2D eigenvalue weighted by Crippen LogP contribution is -2.35. The predicted molar refractivity (Wildman–Crippen MR) is 72.0 cm³/mol. The number of hydrogen-bond acceptors (Lipinski definition) is 4. The molecule has 0 amide bonds. The fourth-order valence-electron chi connectivity index (χ4n) is 1.61. The van der Waals surface area contributed by atoms with Crippen molar-refractivity contribution in [2.24, 2.45) is 0 Å². The second-order valence-corrected chi connectivity index (χ2v) is 6.99. The molecule has 100 valence electrons. The number of nitrogens with zero attached hydrogens (tertiary/aromatic N) is 1. The van der Waals surface area contributed by atoms with Gasteiger partial charge in [0.15, 0.2) is 0 Å². The van der Waals surface area contributed by atoms with Crippen LogP contribution in [-0.2, 0) is 10.0 Å². The van der Waals surface area contributed by atoms with Gasteiger partial charge in [-0.25, -0.2) is 8.42 Å². The lowest BCUT2D eigenvalue weighted by Gasteiger charge is -2.15. The van der Waals surface area contributed by atoms with E-state index >= 15 is 0 Å². The van der Waals surface area contributed by atoms with E-state index in [1.165, 1.54) is 6.20 Å². The number of rotatable bonds is 6. The van der Waals surface area contributed by atoms with Gasteiger partial charge in [0.25, 0.3) is 0 Å². The van der Waals surface area contributed by atoms with Crippen molar-refractivity contribution in [2.45, 2.75) is 38.0 Å². The molecule has 6 heteroatoms. The van der Waals surface area contributed by atoms with Gasteiger partial charge < -0.3 is 5.32 Å². The van der Waals surface area contributed by atoms with E-state index in [1.807, 2.05) is 6.92 Å². The van der Waals surface area contributed by atoms with Gasteiger partial charge in [-0.15, -0.1) is 0 Å². The van der Waals surface area contributed by atoms with Crippen molar-refractivity contribution in [3.8, 4) is 0 Å². The number of sulfonamides is 1. The Morgan fingerprint density at radius 3 is 2.78 bits per heavy atom. The summed E-state index contributed by atoms with van der Waals surface area (Å²) in [7, 11) is -3.35. The number of hydrogen-bond donors (Lipinski definition) is 2. The molecule has 2 N–H and O–H groups in total. The van der Waals surface area contributed by atoms with Crippen molar-refractivity contribution in [2.75, 3.05) is 11.3 Å². The van der Waals surface area contributed by atoms with Gasteiger partial charge in [0.2, 0.25) is 10.0 Å². The highest BCUT2D eigenvalue weighted by molar-refractivity contribution is 7.93. The van der Waals surface area contributed by atoms with Gasteiger partial charge in [-0.2, -0.15) is 0 Å². The lowest BCUT2D eigenvalue weighted by atomic mass is 10.3. The summed E-state index contributed by atoms with van der Waals surface area (Å²) >= 11 is 0. The van der Waals surface area contributed by atoms with E-state index in [0.29, 0.717) is 18.3 Å². The van der Waals surface area contributed by atoms with Gasteiger partial charge in [-0.05, 0) is 38.3 Å². The monoisotopic (exact) mass is 269 g/mol. The largest absolute Gasteiger partial charge is 0.313 e. The molecule has 1 aromatic rings. The van der Waals surface area contributed by atoms with Gasteiger partial charge in [0, 0.05) is 18.8 Å². The molecule has 1 fully saturated rings. The number of pyridine rings is 1. The second kappa shape index (κ2) is 5.24. The third kappa shape index (κ3) is 3.68. The topological polar surface area (TPSA) is 71.1 Å². The summed E-state index contributed by atoms with van der Waals surface area (Å²) in [4.78, 5) is 3.97. The minimum absolute atomic E-state index is 0.460. The van der Waals surface area contributed by atoms with Crippen LogP contribution in [-0.4, -0.2) is 31.2 Å². The molecule has 1 aliphatic rings. The molecular formula is C12H19N3O2S. The summed E-state index contributed by atoms with van der Waals surface area (Å²) in [5.74, 6) is 0. The number of aryl methyl sites for hydroxylation is 1. The van der Waals surface area contributed by atoms with E-state index in [2.05, 4.69) is 15.0 Å². The molecule has 1 atom stereocenters. The lowest BCUT2D eigenvalue weighted by molar-refractivity contribution is 0.576. The molecule has 0 spiro atoms. The molecule has 18 heavy (non-hydrogen) atoms. The van der Waals surface area contributed by atoms with Gasteiger partial charge in [0.1, 0.15) is 0 Å². The van der Waals surface area contributed by atoms with E-state index in [4.69, 9.17) is 0 Å². The maximum atomic E-state index is 12.1. The Hall–Kier alpha value is -1.14. The van der Waals surface area contributed by atoms with Crippen molar-refractivity contribution in [1.29, 1.82) is 0 Å². The van der Waals surface area contributed by atoms with E-state index in [-0.39, 0.29) is 0 Å². The highest BCUT2D eigenvalue weighted by atomic mass is 32.2. The Morgan fingerprint density at radius 2 is 2.17 bits per heavy atom. The standard InChI is InChI=1S/C12H19N3O2S/c1-9-5-12(8-13-6-9)15-18(16,17)10(2)7-14-11-3-4-11/h5-6,8,10-11,14-15H,3-4,7H2,1-2H3. The third-order valence-electron chi connectivity index (χ3n) is 2.94. The van der Waals surface area contributed by atoms with Crippen molar-refractivity contribution in [3.05, 3.63) is 24.0 Å². The van der Waals surface area contributed by atoms with Crippen molar-refractivity contribution in [1.82, 2.24) is 10.3 Å². The Morgan fingerprint density at radius 1 is 1.44 bits per heavy atom. The van der Waals surface area contributed by atoms with Crippen molar-refractivity contribution >= 4 is 15.7 Å². The van der Waals surface area contributed by atoms with E-state index in [0.717, 1.165) is 18.4 Å². The highest BCUT2D eigenvalue weighted by Gasteiger charge is 2.25. The van der Waals surface area contributed by atoms with Gasteiger partial charge in [-0.3, -0.25) is 9.71 Å². The first-order chi connectivity index (χ1) is 8.47. The van der Waals surface area contributed by atoms with E-state index in [1.54, 1.807) is 19.2 Å². The number of aromatic nitrogens is 1. The van der Waals surface area contributed by atoms with Crippen LogP contribution in [0.3, 0.4) is 0 Å². The van der Waals surface area contributed by atoms with Gasteiger partial charge in [-0.1, -0.05) is 0 Å². The van der Waals surface area contributed by atoms with Crippen molar-refractivity contribution < 1.29 is 8.42 Å². The van der Waals surface area contributed by atoms with Crippen LogP contribution in [0.4, 0.5) is 5.69 Å².